The van der Waals surface area contributed by atoms with Gasteiger partial charge in [-0.1, -0.05) is 202 Å². The zero-order valence-corrected chi connectivity index (χ0v) is 77.8. The Kier molecular flexibility index (Phi) is 28.3. The van der Waals surface area contributed by atoms with Crippen molar-refractivity contribution in [1.29, 1.82) is 0 Å². The van der Waals surface area contributed by atoms with E-state index in [1.807, 2.05) is 128 Å². The molecule has 31 heteroatoms. The molecule has 630 valence electrons. The van der Waals surface area contributed by atoms with Crippen LogP contribution in [0.2, 0.25) is 0 Å². The Morgan fingerprint density at radius 3 is 1.45 bits per heavy atom. The van der Waals surface area contributed by atoms with Crippen molar-refractivity contribution in [2.75, 3.05) is 86.3 Å². The molecule has 0 radical (unpaired) electrons. The molecule has 121 heavy (non-hydrogen) atoms. The molecule has 3 saturated heterocycles. The number of nitrogens with one attached hydrogen (secondary N) is 3. The maximum Gasteiger partial charge on any atom is 0.426 e. The Balaban J connectivity index is 0.000000134. The topological polar surface area (TPSA) is 278 Å². The molecule has 9 aromatic rings. The highest BCUT2D eigenvalue weighted by molar-refractivity contribution is 9.11. The van der Waals surface area contributed by atoms with E-state index >= 15 is 0 Å². The first-order valence-electron chi connectivity index (χ1n) is 39.8. The highest BCUT2D eigenvalue weighted by Gasteiger charge is 2.55. The number of hydrogen-bond acceptors (Lipinski definition) is 24. The molecule has 1 saturated carbocycles. The summed E-state index contributed by atoms with van der Waals surface area (Å²) in [5, 5.41) is 11.9. The van der Waals surface area contributed by atoms with Crippen LogP contribution in [0.4, 0.5) is 21.2 Å². The summed E-state index contributed by atoms with van der Waals surface area (Å²) in [7, 11) is 3.37. The van der Waals surface area contributed by atoms with Gasteiger partial charge in [0.1, 0.15) is 51.0 Å². The van der Waals surface area contributed by atoms with Gasteiger partial charge in [-0.05, 0) is 179 Å². The molecule has 23 nitrogen and oxygen atoms in total. The summed E-state index contributed by atoms with van der Waals surface area (Å²) in [5.74, 6) is 8.25. The molecule has 0 bridgehead atoms. The van der Waals surface area contributed by atoms with E-state index in [1.165, 1.54) is 34.0 Å². The Bertz CT molecular complexity index is 5330. The SMILES string of the molecule is CC(C)(C)OC(=O)N(C(=O)OC(C)(C)C)C1=N[C@@]2(c3cccc(Br)c3)CN(c3cnccn3)C[C@H]2CS1.COc1ccc(CC2C[C@H]3CSC(NC(=O)c4ccccc4)=N[C@@]3(c3cccc(Br)c3)C2)c(OC)c1.NC1=N[C@@]2(c3cccc(Br)c3)CN(c3cnccn3)C[C@H]2CS1.O=C(NC1=N[C@@]2(c3cccc(Br)c3)CNC[C@H]2CS1)c1ccccc1. The van der Waals surface area contributed by atoms with E-state index in [0.717, 1.165) is 114 Å². The molecule has 7 aromatic carbocycles. The number of thioether (sulfide) groups is 4. The lowest BCUT2D eigenvalue weighted by Crippen LogP contribution is -2.49. The fourth-order valence-electron chi connectivity index (χ4n) is 16.7. The predicted octanol–water partition coefficient (Wildman–Crippen LogP) is 18.3. The first-order valence-corrected chi connectivity index (χ1v) is 46.9. The fourth-order valence-corrected chi connectivity index (χ4v) is 22.8. The van der Waals surface area contributed by atoms with E-state index in [-0.39, 0.29) is 39.5 Å². The first-order chi connectivity index (χ1) is 58.1. The quantitative estimate of drug-likeness (QED) is 0.0884. The molecule has 1 unspecified atom stereocenters. The number of methoxy groups -OCH3 is 2. The van der Waals surface area contributed by atoms with Crippen molar-refractivity contribution in [3.8, 4) is 11.5 Å². The van der Waals surface area contributed by atoms with Crippen LogP contribution in [0, 0.1) is 29.6 Å². The van der Waals surface area contributed by atoms with E-state index in [2.05, 4.69) is 164 Å². The Hall–Kier alpha value is -8.66. The number of aromatic nitrogens is 4. The minimum absolute atomic E-state index is 0.0941. The molecule has 4 amide bonds. The number of amides is 4. The van der Waals surface area contributed by atoms with Gasteiger partial charge in [0.05, 0.1) is 32.2 Å². The fraction of sp³-hybridized carbons (Fsp3) is 0.356. The van der Waals surface area contributed by atoms with E-state index in [1.54, 1.807) is 122 Å². The van der Waals surface area contributed by atoms with Crippen LogP contribution in [0.25, 0.3) is 0 Å². The number of amidine groups is 4. The van der Waals surface area contributed by atoms with Crippen LogP contribution in [0.5, 0.6) is 11.5 Å². The number of benzene rings is 7. The Morgan fingerprint density at radius 2 is 0.983 bits per heavy atom. The molecule has 7 aliphatic heterocycles. The van der Waals surface area contributed by atoms with Crippen molar-refractivity contribution in [3.05, 3.63) is 270 Å². The van der Waals surface area contributed by atoms with Crippen LogP contribution in [0.1, 0.15) is 103 Å². The summed E-state index contributed by atoms with van der Waals surface area (Å²) in [5.41, 5.74) is 9.76. The third kappa shape index (κ3) is 20.9. The van der Waals surface area contributed by atoms with Gasteiger partial charge in [-0.2, -0.15) is 4.90 Å². The smallest absolute Gasteiger partial charge is 0.426 e. The van der Waals surface area contributed by atoms with Crippen molar-refractivity contribution in [2.24, 2.45) is 55.3 Å². The van der Waals surface area contributed by atoms with Crippen LogP contribution >= 0.6 is 111 Å². The highest BCUT2D eigenvalue weighted by Crippen LogP contribution is 2.56. The Morgan fingerprint density at radius 1 is 0.521 bits per heavy atom. The number of imide groups is 1. The van der Waals surface area contributed by atoms with Crippen molar-refractivity contribution in [1.82, 2.24) is 40.8 Å². The van der Waals surface area contributed by atoms with Crippen LogP contribution in [-0.4, -0.2) is 157 Å². The third-order valence-corrected chi connectivity index (χ3v) is 28.4. The van der Waals surface area contributed by atoms with Gasteiger partial charge in [-0.3, -0.25) is 24.5 Å². The van der Waals surface area contributed by atoms with Gasteiger partial charge in [-0.15, -0.1) is 0 Å². The summed E-state index contributed by atoms with van der Waals surface area (Å²) in [4.78, 5) is 95.1. The molecule has 1 aliphatic carbocycles. The number of hydrogen-bond donors (Lipinski definition) is 4. The zero-order valence-electron chi connectivity index (χ0n) is 68.2. The molecule has 9 heterocycles. The van der Waals surface area contributed by atoms with Gasteiger partial charge in [0, 0.05) is 140 Å². The summed E-state index contributed by atoms with van der Waals surface area (Å²) in [6.07, 6.45) is 11.5. The van der Waals surface area contributed by atoms with Crippen LogP contribution < -0.4 is 41.0 Å². The summed E-state index contributed by atoms with van der Waals surface area (Å²) in [6, 6.07) is 57.8. The van der Waals surface area contributed by atoms with Crippen LogP contribution in [0.3, 0.4) is 0 Å². The summed E-state index contributed by atoms with van der Waals surface area (Å²) < 4.78 is 26.3. The Labute approximate surface area is 756 Å². The van der Waals surface area contributed by atoms with Crippen LogP contribution in [0.15, 0.2) is 251 Å². The number of halogens is 4. The van der Waals surface area contributed by atoms with Crippen molar-refractivity contribution < 1.29 is 38.1 Å². The highest BCUT2D eigenvalue weighted by atomic mass is 79.9. The van der Waals surface area contributed by atoms with E-state index in [0.29, 0.717) is 69.1 Å². The second-order valence-corrected chi connectivity index (χ2v) is 40.3. The largest absolute Gasteiger partial charge is 0.497 e. The van der Waals surface area contributed by atoms with Crippen molar-refractivity contribution >= 4 is 167 Å². The predicted molar refractivity (Wildman–Crippen MR) is 500 cm³/mol. The van der Waals surface area contributed by atoms with Crippen LogP contribution in [-0.2, 0) is 38.1 Å². The molecule has 8 aliphatic rings. The normalized spacial score (nSPS) is 23.7. The van der Waals surface area contributed by atoms with Gasteiger partial charge < -0.3 is 50.4 Å². The van der Waals surface area contributed by atoms with E-state index in [9.17, 15) is 19.2 Å². The summed E-state index contributed by atoms with van der Waals surface area (Å²) >= 11 is 20.7. The number of ether oxygens (including phenoxy) is 4. The lowest BCUT2D eigenvalue weighted by molar-refractivity contribution is 0.0150. The minimum atomic E-state index is -0.820. The molecule has 4 fully saturated rings. The van der Waals surface area contributed by atoms with Gasteiger partial charge in [0.2, 0.25) is 0 Å². The number of aliphatic imine (C=N–C) groups is 4. The maximum absolute atomic E-state index is 13.3. The average molecular weight is 1960 g/mol. The van der Waals surface area contributed by atoms with Crippen molar-refractivity contribution in [2.45, 2.75) is 94.2 Å². The maximum atomic E-state index is 13.3. The number of carbonyl (C=O) groups is 4. The lowest BCUT2D eigenvalue weighted by atomic mass is 9.81. The molecule has 2 aromatic heterocycles. The third-order valence-electron chi connectivity index (χ3n) is 22.2. The minimum Gasteiger partial charge on any atom is -0.497 e. The molecule has 5 N–H and O–H groups in total. The number of carbonyl (C=O) groups excluding carboxylic acids is 4. The number of rotatable bonds is 12. The molecule has 17 rings (SSSR count). The number of nitrogens with two attached hydrogens (primary N) is 1. The number of nitrogens with zero attached hydrogens (tertiary/aromatic N) is 11. The molecular weight excluding hydrogens is 1870 g/mol. The van der Waals surface area contributed by atoms with Crippen molar-refractivity contribution in [3.63, 3.8) is 0 Å². The number of fused-ring (bicyclic) bond motifs is 4. The van der Waals surface area contributed by atoms with E-state index in [4.69, 9.17) is 44.7 Å². The van der Waals surface area contributed by atoms with Gasteiger partial charge in [0.15, 0.2) is 20.7 Å². The zero-order chi connectivity index (χ0) is 85.3. The van der Waals surface area contributed by atoms with Gasteiger partial charge >= 0.3 is 12.2 Å². The lowest BCUT2D eigenvalue weighted by Gasteiger charge is -2.38. The van der Waals surface area contributed by atoms with Gasteiger partial charge in [0.25, 0.3) is 11.8 Å². The van der Waals surface area contributed by atoms with E-state index < -0.39 is 28.9 Å². The number of anilines is 2. The monoisotopic (exact) mass is 1960 g/mol. The van der Waals surface area contributed by atoms with Gasteiger partial charge in [-0.25, -0.2) is 34.5 Å². The second kappa shape index (κ2) is 38.6. The molecule has 0 spiro atoms. The molecular formula is C90H95Br4N15O8S4. The standard InChI is InChI=1S/C29H29BrN2O3S.C26H32BrN5O4S.C19H18BrN3OS.C16H16BrN5S/c1-34-25-12-11-21(26(16-25)35-2)13-19-14-23-18-36-28(31-27(33)20-7-4-3-5-8-20)32-29(23,17-19)22-9-6-10-24(30)15-22;1-24(2,3)35-22(33)32(23(34)36-25(4,5)6)21-30-26(17-8-7-9-19(27)12-17)16-31(14-18(26)15-37-21)20-13-28-10-11-29-20;20-16-8-4-7-14(9-16)19-12-21-10-15(19)11-25-18(23-19)22-17(24)13-5-2-1-3-6-13;17-13-3-1-2-11(6-13)16-10-22(14-7-19-4-5-20-14)8-12(16)9-23-15(18)21-16/h3-12,15-16,19,23H,13-14,17-18H2,1-2H3,(H,31,32,33);7-13,18H,14-16H2,1-6H3;1-9,15,21H,10-12H2,(H,22,23,24);1-7,12H,8-10H2,(H2,18,21)/t19?,23-,29+;18-,26+;15-,19+;12-,16+/m0000/s1. The summed E-state index contributed by atoms with van der Waals surface area (Å²) in [6.45, 7) is 15.1. The molecule has 9 atom stereocenters. The second-order valence-electron chi connectivity index (χ2n) is 32.6. The average Bonchev–Trinajstić information content (AvgIpc) is 1.62. The first kappa shape index (κ1) is 88.6.